The molecule has 11 heteroatoms. The van der Waals surface area contributed by atoms with Gasteiger partial charge in [0.2, 0.25) is 5.91 Å². The Morgan fingerprint density at radius 1 is 1.09 bits per heavy atom. The first-order chi connectivity index (χ1) is 16.9. The molecule has 2 aliphatic heterocycles. The van der Waals surface area contributed by atoms with Gasteiger partial charge in [0.15, 0.2) is 18.1 Å². The summed E-state index contributed by atoms with van der Waals surface area (Å²) in [6.07, 6.45) is 1.55. The van der Waals surface area contributed by atoms with Gasteiger partial charge >= 0.3 is 5.97 Å². The van der Waals surface area contributed by atoms with Gasteiger partial charge in [0, 0.05) is 11.8 Å². The number of amides is 3. The zero-order chi connectivity index (χ0) is 24.8. The maximum Gasteiger partial charge on any atom is 0.344 e. The van der Waals surface area contributed by atoms with Crippen molar-refractivity contribution in [2.45, 2.75) is 6.92 Å². The van der Waals surface area contributed by atoms with Crippen molar-refractivity contribution in [1.29, 1.82) is 0 Å². The van der Waals surface area contributed by atoms with Gasteiger partial charge in [-0.15, -0.1) is 0 Å². The first kappa shape index (κ1) is 24.1. The van der Waals surface area contributed by atoms with Crippen molar-refractivity contribution in [3.8, 4) is 17.2 Å². The summed E-state index contributed by atoms with van der Waals surface area (Å²) in [7, 11) is 0. The van der Waals surface area contributed by atoms with Gasteiger partial charge < -0.3 is 24.3 Å². The average Bonchev–Trinajstić information content (AvgIpc) is 3.11. The van der Waals surface area contributed by atoms with Crippen LogP contribution in [0.1, 0.15) is 12.5 Å². The van der Waals surface area contributed by atoms with Crippen molar-refractivity contribution >= 4 is 46.5 Å². The van der Waals surface area contributed by atoms with Crippen molar-refractivity contribution in [1.82, 2.24) is 4.90 Å². The number of rotatable bonds is 8. The molecule has 2 aromatic rings. The van der Waals surface area contributed by atoms with Gasteiger partial charge in [0.25, 0.3) is 11.1 Å². The Morgan fingerprint density at radius 3 is 2.57 bits per heavy atom. The number of hydrogen-bond acceptors (Lipinski definition) is 9. The molecule has 0 bridgehead atoms. The molecule has 0 unspecified atom stereocenters. The molecule has 1 saturated heterocycles. The first-order valence-electron chi connectivity index (χ1n) is 10.8. The van der Waals surface area contributed by atoms with E-state index in [0.29, 0.717) is 41.7 Å². The van der Waals surface area contributed by atoms with Crippen LogP contribution in [0, 0.1) is 0 Å². The lowest BCUT2D eigenvalue weighted by molar-refractivity contribution is -0.145. The average molecular weight is 499 g/mol. The second-order valence-electron chi connectivity index (χ2n) is 7.34. The van der Waals surface area contributed by atoms with E-state index in [1.807, 2.05) is 0 Å². The number of fused-ring (bicyclic) bond motifs is 1. The molecule has 0 atom stereocenters. The van der Waals surface area contributed by atoms with Crippen LogP contribution in [-0.4, -0.2) is 60.9 Å². The molecule has 0 spiro atoms. The molecule has 3 amide bonds. The number of ether oxygens (including phenoxy) is 4. The minimum atomic E-state index is -0.556. The van der Waals surface area contributed by atoms with Crippen molar-refractivity contribution in [2.75, 3.05) is 38.3 Å². The molecule has 2 aromatic carbocycles. The van der Waals surface area contributed by atoms with Gasteiger partial charge in [-0.25, -0.2) is 4.79 Å². The van der Waals surface area contributed by atoms with Crippen molar-refractivity contribution in [3.63, 3.8) is 0 Å². The maximum atomic E-state index is 12.7. The van der Waals surface area contributed by atoms with Crippen LogP contribution in [0.2, 0.25) is 0 Å². The number of carbonyl (C=O) groups excluding carboxylic acids is 4. The number of imide groups is 1. The maximum absolute atomic E-state index is 12.7. The Hall–Kier alpha value is -3.99. The van der Waals surface area contributed by atoms with Crippen molar-refractivity contribution in [3.05, 3.63) is 52.9 Å². The molecule has 2 aliphatic rings. The largest absolute Gasteiger partial charge is 0.486 e. The Balaban J connectivity index is 1.34. The fourth-order valence-electron chi connectivity index (χ4n) is 3.26. The molecule has 10 nitrogen and oxygen atoms in total. The molecule has 182 valence electrons. The summed E-state index contributed by atoms with van der Waals surface area (Å²) in [5, 5.41) is 2.13. The van der Waals surface area contributed by atoms with E-state index in [9.17, 15) is 19.2 Å². The molecule has 0 aliphatic carbocycles. The predicted octanol–water partition coefficient (Wildman–Crippen LogP) is 3.07. The number of nitrogens with one attached hydrogen (secondary N) is 1. The number of hydrogen-bond donors (Lipinski definition) is 1. The SMILES string of the molecule is CCOC(=O)COc1ccc(/C=C2\SC(=O)N(CC(=O)Nc3ccc4c(c3)OCCO4)C2=O)cc1. The molecule has 2 heterocycles. The number of benzene rings is 2. The van der Waals surface area contributed by atoms with Gasteiger partial charge in [-0.05, 0) is 54.6 Å². The first-order valence-corrected chi connectivity index (χ1v) is 11.6. The Bertz CT molecular complexity index is 1180. The zero-order valence-corrected chi connectivity index (χ0v) is 19.6. The van der Waals surface area contributed by atoms with Crippen LogP contribution in [0.3, 0.4) is 0 Å². The fourth-order valence-corrected chi connectivity index (χ4v) is 4.10. The minimum Gasteiger partial charge on any atom is -0.486 e. The van der Waals surface area contributed by atoms with Gasteiger partial charge in [-0.3, -0.25) is 19.3 Å². The van der Waals surface area contributed by atoms with Crippen LogP contribution in [-0.2, 0) is 19.1 Å². The highest BCUT2D eigenvalue weighted by Gasteiger charge is 2.36. The van der Waals surface area contributed by atoms with Gasteiger partial charge in [-0.1, -0.05) is 12.1 Å². The fraction of sp³-hybridized carbons (Fsp3) is 0.250. The van der Waals surface area contributed by atoms with E-state index in [2.05, 4.69) is 5.32 Å². The van der Waals surface area contributed by atoms with Crippen LogP contribution in [0.5, 0.6) is 17.2 Å². The van der Waals surface area contributed by atoms with Gasteiger partial charge in [0.1, 0.15) is 25.5 Å². The summed E-state index contributed by atoms with van der Waals surface area (Å²) in [5.41, 5.74) is 1.12. The second-order valence-corrected chi connectivity index (χ2v) is 8.33. The van der Waals surface area contributed by atoms with Crippen LogP contribution in [0.4, 0.5) is 10.5 Å². The molecule has 0 saturated carbocycles. The van der Waals surface area contributed by atoms with Crippen LogP contribution < -0.4 is 19.5 Å². The number of nitrogens with zero attached hydrogens (tertiary/aromatic N) is 1. The molecule has 35 heavy (non-hydrogen) atoms. The van der Waals surface area contributed by atoms with Crippen LogP contribution in [0.15, 0.2) is 47.4 Å². The highest BCUT2D eigenvalue weighted by atomic mass is 32.2. The van der Waals surface area contributed by atoms with Crippen LogP contribution >= 0.6 is 11.8 Å². The van der Waals surface area contributed by atoms with E-state index < -0.39 is 29.6 Å². The zero-order valence-electron chi connectivity index (χ0n) is 18.8. The van der Waals surface area contributed by atoms with E-state index >= 15 is 0 Å². The molecular weight excluding hydrogens is 476 g/mol. The summed E-state index contributed by atoms with van der Waals surface area (Å²) in [6.45, 7) is 2.23. The third-order valence-electron chi connectivity index (χ3n) is 4.84. The van der Waals surface area contributed by atoms with Crippen molar-refractivity contribution in [2.24, 2.45) is 0 Å². The topological polar surface area (TPSA) is 120 Å². The Labute approximate surface area is 205 Å². The summed E-state index contributed by atoms with van der Waals surface area (Å²) < 4.78 is 21.1. The summed E-state index contributed by atoms with van der Waals surface area (Å²) in [4.78, 5) is 50.0. The van der Waals surface area contributed by atoms with E-state index in [1.54, 1.807) is 55.5 Å². The van der Waals surface area contributed by atoms with Gasteiger partial charge in [-0.2, -0.15) is 0 Å². The highest BCUT2D eigenvalue weighted by Crippen LogP contribution is 2.34. The van der Waals surface area contributed by atoms with E-state index in [1.165, 1.54) is 0 Å². The Kier molecular flexibility index (Phi) is 7.56. The lowest BCUT2D eigenvalue weighted by Crippen LogP contribution is -2.36. The predicted molar refractivity (Wildman–Crippen MR) is 127 cm³/mol. The third kappa shape index (κ3) is 6.12. The molecule has 1 fully saturated rings. The summed E-state index contributed by atoms with van der Waals surface area (Å²) >= 11 is 0.757. The van der Waals surface area contributed by atoms with Gasteiger partial charge in [0.05, 0.1) is 11.5 Å². The van der Waals surface area contributed by atoms with E-state index in [4.69, 9.17) is 18.9 Å². The quantitative estimate of drug-likeness (QED) is 0.432. The summed E-state index contributed by atoms with van der Waals surface area (Å²) in [5.74, 6) is 0.0139. The number of esters is 1. The van der Waals surface area contributed by atoms with Crippen LogP contribution in [0.25, 0.3) is 6.08 Å². The molecule has 1 N–H and O–H groups in total. The standard InChI is InChI=1S/C24H22N2O8S/c1-2-31-22(28)14-34-17-6-3-15(4-7-17)11-20-23(29)26(24(30)35-20)13-21(27)25-16-5-8-18-19(12-16)33-10-9-32-18/h3-8,11-12H,2,9-10,13-14H2,1H3,(H,25,27)/b20-11-. The van der Waals surface area contributed by atoms with Crippen molar-refractivity contribution < 1.29 is 38.1 Å². The summed E-state index contributed by atoms with van der Waals surface area (Å²) in [6, 6.07) is 11.6. The monoisotopic (exact) mass is 498 g/mol. The lowest BCUT2D eigenvalue weighted by atomic mass is 10.2. The normalized spacial score (nSPS) is 15.8. The number of carbonyl (C=O) groups is 4. The molecular formula is C24H22N2O8S. The lowest BCUT2D eigenvalue weighted by Gasteiger charge is -2.19. The highest BCUT2D eigenvalue weighted by molar-refractivity contribution is 8.18. The van der Waals surface area contributed by atoms with E-state index in [0.717, 1.165) is 16.7 Å². The third-order valence-corrected chi connectivity index (χ3v) is 5.75. The second kappa shape index (κ2) is 11.0. The smallest absolute Gasteiger partial charge is 0.344 e. The Morgan fingerprint density at radius 2 is 1.83 bits per heavy atom. The molecule has 0 aromatic heterocycles. The molecule has 0 radical (unpaired) electrons. The number of anilines is 1. The molecule has 4 rings (SSSR count). The minimum absolute atomic E-state index is 0.197. The number of thioether (sulfide) groups is 1. The van der Waals surface area contributed by atoms with E-state index in [-0.39, 0.29) is 18.1 Å².